The first kappa shape index (κ1) is 6.97. The maximum absolute atomic E-state index is 3.89. The van der Waals surface area contributed by atoms with Crippen molar-refractivity contribution in [2.45, 2.75) is 0 Å². The van der Waals surface area contributed by atoms with E-state index in [0.717, 1.165) is 11.3 Å². The Bertz CT molecular complexity index is 366. The Labute approximate surface area is 69.8 Å². The lowest BCUT2D eigenvalue weighted by Crippen LogP contribution is -1.98. The number of benzene rings is 1. The van der Waals surface area contributed by atoms with Crippen molar-refractivity contribution < 1.29 is 0 Å². The molecule has 0 N–H and O–H groups in total. The summed E-state index contributed by atoms with van der Waals surface area (Å²) in [6, 6.07) is 7.61. The maximum atomic E-state index is 3.89. The van der Waals surface area contributed by atoms with Crippen molar-refractivity contribution in [3.63, 3.8) is 0 Å². The standard InChI is InChI=1S/C8H7N4/c1-7-3-2-4-8(5-7)12-10-6-9-11-12/h2-6H,1H2. The van der Waals surface area contributed by atoms with E-state index in [1.807, 2.05) is 24.3 Å². The molecular formula is C8H7N4. The van der Waals surface area contributed by atoms with Crippen LogP contribution < -0.4 is 0 Å². The van der Waals surface area contributed by atoms with Crippen molar-refractivity contribution >= 4 is 0 Å². The first-order valence-electron chi connectivity index (χ1n) is 3.51. The lowest BCUT2D eigenvalue weighted by atomic mass is 10.2. The molecule has 1 aromatic heterocycles. The van der Waals surface area contributed by atoms with E-state index in [1.165, 1.54) is 11.1 Å². The van der Waals surface area contributed by atoms with Crippen LogP contribution in [-0.2, 0) is 0 Å². The number of hydrogen-bond acceptors (Lipinski definition) is 3. The van der Waals surface area contributed by atoms with Crippen LogP contribution in [0.15, 0.2) is 30.6 Å². The molecule has 1 radical (unpaired) electrons. The minimum atomic E-state index is 0.875. The Kier molecular flexibility index (Phi) is 1.59. The van der Waals surface area contributed by atoms with Crippen LogP contribution >= 0.6 is 0 Å². The molecule has 0 saturated heterocycles. The van der Waals surface area contributed by atoms with Crippen LogP contribution in [0, 0.1) is 6.92 Å². The maximum Gasteiger partial charge on any atom is 0.162 e. The molecule has 0 fully saturated rings. The third kappa shape index (κ3) is 1.18. The largest absolute Gasteiger partial charge is 0.162 e. The van der Waals surface area contributed by atoms with Crippen LogP contribution in [0.2, 0.25) is 0 Å². The zero-order chi connectivity index (χ0) is 8.39. The minimum absolute atomic E-state index is 0.875. The van der Waals surface area contributed by atoms with Gasteiger partial charge in [0.15, 0.2) is 6.33 Å². The second kappa shape index (κ2) is 2.73. The topological polar surface area (TPSA) is 43.6 Å². The summed E-state index contributed by atoms with van der Waals surface area (Å²) in [4.78, 5) is 1.45. The predicted molar refractivity (Wildman–Crippen MR) is 43.6 cm³/mol. The fraction of sp³-hybridized carbons (Fsp3) is 0. The van der Waals surface area contributed by atoms with Crippen molar-refractivity contribution in [1.29, 1.82) is 0 Å². The Morgan fingerprint density at radius 3 is 2.92 bits per heavy atom. The molecule has 0 atom stereocenters. The third-order valence-corrected chi connectivity index (χ3v) is 1.49. The summed E-state index contributed by atoms with van der Waals surface area (Å²) in [6.07, 6.45) is 1.40. The summed E-state index contributed by atoms with van der Waals surface area (Å²) in [5.74, 6) is 0. The Balaban J connectivity index is 2.48. The molecule has 0 aliphatic carbocycles. The Morgan fingerprint density at radius 2 is 2.25 bits per heavy atom. The highest BCUT2D eigenvalue weighted by atomic mass is 15.6. The van der Waals surface area contributed by atoms with E-state index in [0.29, 0.717) is 0 Å². The zero-order valence-electron chi connectivity index (χ0n) is 6.38. The van der Waals surface area contributed by atoms with Crippen LogP contribution in [0.1, 0.15) is 5.56 Å². The average molecular weight is 159 g/mol. The average Bonchev–Trinajstić information content (AvgIpc) is 2.56. The molecule has 1 aromatic carbocycles. The molecule has 0 aliphatic rings. The summed E-state index contributed by atoms with van der Waals surface area (Å²) >= 11 is 0. The van der Waals surface area contributed by atoms with Gasteiger partial charge in [0, 0.05) is 0 Å². The zero-order valence-corrected chi connectivity index (χ0v) is 6.38. The van der Waals surface area contributed by atoms with Gasteiger partial charge in [0.2, 0.25) is 0 Å². The fourth-order valence-electron chi connectivity index (χ4n) is 0.966. The summed E-state index contributed by atoms with van der Waals surface area (Å²) in [6.45, 7) is 3.80. The number of nitrogens with zero attached hydrogens (tertiary/aromatic N) is 4. The number of hydrogen-bond donors (Lipinski definition) is 0. The number of rotatable bonds is 1. The molecular weight excluding hydrogens is 152 g/mol. The van der Waals surface area contributed by atoms with Gasteiger partial charge >= 0.3 is 0 Å². The second-order valence-electron chi connectivity index (χ2n) is 2.40. The first-order valence-corrected chi connectivity index (χ1v) is 3.51. The molecule has 4 nitrogen and oxygen atoms in total. The van der Waals surface area contributed by atoms with E-state index in [4.69, 9.17) is 0 Å². The van der Waals surface area contributed by atoms with E-state index in [1.54, 1.807) is 0 Å². The highest BCUT2D eigenvalue weighted by Crippen LogP contribution is 2.05. The molecule has 0 bridgehead atoms. The predicted octanol–water partition coefficient (Wildman–Crippen LogP) is 0.844. The van der Waals surface area contributed by atoms with Crippen LogP contribution in [0.4, 0.5) is 0 Å². The van der Waals surface area contributed by atoms with Gasteiger partial charge in [0.25, 0.3) is 0 Å². The van der Waals surface area contributed by atoms with E-state index >= 15 is 0 Å². The van der Waals surface area contributed by atoms with Crippen molar-refractivity contribution in [3.8, 4) is 5.69 Å². The van der Waals surface area contributed by atoms with Crippen LogP contribution in [0.5, 0.6) is 0 Å². The normalized spacial score (nSPS) is 10.1. The van der Waals surface area contributed by atoms with Crippen molar-refractivity contribution in [2.24, 2.45) is 0 Å². The quantitative estimate of drug-likeness (QED) is 0.619. The van der Waals surface area contributed by atoms with Gasteiger partial charge in [-0.05, 0) is 29.8 Å². The molecule has 2 rings (SSSR count). The van der Waals surface area contributed by atoms with E-state index in [-0.39, 0.29) is 0 Å². The molecule has 12 heavy (non-hydrogen) atoms. The lowest BCUT2D eigenvalue weighted by molar-refractivity contribution is 0.719. The summed E-state index contributed by atoms with van der Waals surface area (Å²) in [5, 5.41) is 11.3. The smallest absolute Gasteiger partial charge is 0.135 e. The van der Waals surface area contributed by atoms with Crippen LogP contribution in [0.25, 0.3) is 5.69 Å². The number of aromatic nitrogens is 4. The second-order valence-corrected chi connectivity index (χ2v) is 2.40. The highest BCUT2D eigenvalue weighted by molar-refractivity contribution is 5.34. The van der Waals surface area contributed by atoms with Gasteiger partial charge in [-0.3, -0.25) is 0 Å². The van der Waals surface area contributed by atoms with Gasteiger partial charge in [0.05, 0.1) is 5.69 Å². The van der Waals surface area contributed by atoms with Gasteiger partial charge in [-0.1, -0.05) is 12.1 Å². The summed E-state index contributed by atoms with van der Waals surface area (Å²) in [7, 11) is 0. The first-order chi connectivity index (χ1) is 5.86. The Hall–Kier alpha value is -1.71. The molecule has 0 aliphatic heterocycles. The van der Waals surface area contributed by atoms with Gasteiger partial charge in [-0.2, -0.15) is 0 Å². The van der Waals surface area contributed by atoms with E-state index in [2.05, 4.69) is 22.3 Å². The van der Waals surface area contributed by atoms with Gasteiger partial charge in [-0.15, -0.1) is 15.0 Å². The lowest BCUT2D eigenvalue weighted by Gasteiger charge is -1.97. The van der Waals surface area contributed by atoms with Crippen molar-refractivity contribution in [2.75, 3.05) is 0 Å². The molecule has 59 valence electrons. The molecule has 0 amide bonds. The van der Waals surface area contributed by atoms with E-state index in [9.17, 15) is 0 Å². The number of tetrazole rings is 1. The minimum Gasteiger partial charge on any atom is -0.135 e. The fourth-order valence-corrected chi connectivity index (χ4v) is 0.966. The van der Waals surface area contributed by atoms with Crippen LogP contribution in [0.3, 0.4) is 0 Å². The Morgan fingerprint density at radius 1 is 1.33 bits per heavy atom. The molecule has 0 saturated carbocycles. The third-order valence-electron chi connectivity index (χ3n) is 1.49. The van der Waals surface area contributed by atoms with Gasteiger partial charge < -0.3 is 0 Å². The van der Waals surface area contributed by atoms with E-state index < -0.39 is 0 Å². The van der Waals surface area contributed by atoms with Gasteiger partial charge in [0.1, 0.15) is 0 Å². The van der Waals surface area contributed by atoms with Crippen LogP contribution in [-0.4, -0.2) is 20.2 Å². The molecule has 1 heterocycles. The van der Waals surface area contributed by atoms with Crippen molar-refractivity contribution in [3.05, 3.63) is 43.1 Å². The SMILES string of the molecule is [CH2]c1cccc(-n2ncnn2)c1. The molecule has 4 heteroatoms. The monoisotopic (exact) mass is 159 g/mol. The van der Waals surface area contributed by atoms with Crippen molar-refractivity contribution in [1.82, 2.24) is 20.2 Å². The molecule has 0 unspecified atom stereocenters. The molecule has 0 spiro atoms. The molecule has 2 aromatic rings. The summed E-state index contributed by atoms with van der Waals surface area (Å²) < 4.78 is 0. The summed E-state index contributed by atoms with van der Waals surface area (Å²) in [5.41, 5.74) is 1.81. The van der Waals surface area contributed by atoms with Gasteiger partial charge in [-0.25, -0.2) is 0 Å². The highest BCUT2D eigenvalue weighted by Gasteiger charge is 1.96.